The van der Waals surface area contributed by atoms with E-state index in [0.717, 1.165) is 27.5 Å². The Morgan fingerprint density at radius 2 is 1.22 bits per heavy atom. The van der Waals surface area contributed by atoms with Gasteiger partial charge in [0, 0.05) is 74.6 Å². The zero-order valence-corrected chi connectivity index (χ0v) is 59.7. The summed E-state index contributed by atoms with van der Waals surface area (Å²) in [5, 5.41) is 9.58. The van der Waals surface area contributed by atoms with Crippen molar-refractivity contribution in [1.29, 1.82) is 0 Å². The Kier molecular flexibility index (Phi) is 29.1. The lowest BCUT2D eigenvalue weighted by atomic mass is 9.95. The second kappa shape index (κ2) is 34.3. The van der Waals surface area contributed by atoms with Crippen LogP contribution >= 0.6 is 11.6 Å². The van der Waals surface area contributed by atoms with Crippen LogP contribution < -0.4 is 21.3 Å². The van der Waals surface area contributed by atoms with Crippen molar-refractivity contribution in [2.24, 2.45) is 23.7 Å². The quantitative estimate of drug-likeness (QED) is 0.192. The van der Waals surface area contributed by atoms with E-state index in [-0.39, 0.29) is 73.7 Å². The van der Waals surface area contributed by atoms with Gasteiger partial charge in [-0.05, 0) is 107 Å². The van der Waals surface area contributed by atoms with E-state index in [4.69, 9.17) is 16.3 Å². The van der Waals surface area contributed by atoms with Crippen molar-refractivity contribution < 1.29 is 71.2 Å². The number of quaternary nitrogens is 1. The summed E-state index contributed by atoms with van der Waals surface area (Å²) in [4.78, 5) is 155. The first-order valence-corrected chi connectivity index (χ1v) is 33.1. The highest BCUT2D eigenvalue weighted by atomic mass is 35.5. The number of likely N-dealkylation sites (N-methyl/N-ethyl adjacent to an activating group) is 7. The van der Waals surface area contributed by atoms with E-state index in [1.807, 2.05) is 74.4 Å². The lowest BCUT2D eigenvalue weighted by Crippen LogP contribution is -2.99. The molecule has 2 aromatic rings. The third-order valence-corrected chi connectivity index (χ3v) is 18.9. The van der Waals surface area contributed by atoms with E-state index in [2.05, 4.69) is 16.0 Å². The largest absolute Gasteiger partial charge is 0.417 e. The summed E-state index contributed by atoms with van der Waals surface area (Å²) in [6, 6.07) is 1.97. The van der Waals surface area contributed by atoms with Crippen LogP contribution in [0.3, 0.4) is 0 Å². The average Bonchev–Trinajstić information content (AvgIpc) is 1.59. The summed E-state index contributed by atoms with van der Waals surface area (Å²) in [6.45, 7) is 22.4. The van der Waals surface area contributed by atoms with Crippen LogP contribution in [0.1, 0.15) is 144 Å². The molecule has 4 rings (SSSR count). The van der Waals surface area contributed by atoms with Gasteiger partial charge in [-0.2, -0.15) is 13.2 Å². The van der Waals surface area contributed by atoms with E-state index in [0.29, 0.717) is 18.4 Å². The molecule has 94 heavy (non-hydrogen) atoms. The van der Waals surface area contributed by atoms with Gasteiger partial charge in [0.2, 0.25) is 47.3 Å². The summed E-state index contributed by atoms with van der Waals surface area (Å²) in [6.07, 6.45) is -5.04. The van der Waals surface area contributed by atoms with E-state index in [9.17, 15) is 61.1 Å². The first-order chi connectivity index (χ1) is 43.5. The van der Waals surface area contributed by atoms with Crippen LogP contribution in [0.4, 0.5) is 13.2 Å². The van der Waals surface area contributed by atoms with Crippen molar-refractivity contribution in [3.8, 4) is 0 Å². The maximum absolute atomic E-state index is 14.9. The molecule has 526 valence electrons. The van der Waals surface area contributed by atoms with Crippen molar-refractivity contribution in [1.82, 2.24) is 50.2 Å². The number of hydrogen-bond acceptors (Lipinski definition) is 12. The first kappa shape index (κ1) is 79.7. The Bertz CT molecular complexity index is 3000. The molecule has 0 aromatic heterocycles. The smallest absolute Gasteiger partial charge is 0.351 e. The van der Waals surface area contributed by atoms with E-state index < -0.39 is 149 Å². The zero-order chi connectivity index (χ0) is 71.3. The number of ether oxygens (including phenoxy) is 1. The van der Waals surface area contributed by atoms with Gasteiger partial charge in [-0.3, -0.25) is 53.8 Å². The summed E-state index contributed by atoms with van der Waals surface area (Å²) in [5.74, 6) is -6.55. The predicted molar refractivity (Wildman–Crippen MR) is 352 cm³/mol. The monoisotopic (exact) mass is 1340 g/mol. The van der Waals surface area contributed by atoms with Crippen LogP contribution in [0.5, 0.6) is 0 Å². The summed E-state index contributed by atoms with van der Waals surface area (Å²) < 4.78 is 47.7. The highest BCUT2D eigenvalue weighted by Gasteiger charge is 2.51. The van der Waals surface area contributed by atoms with Gasteiger partial charge < -0.3 is 49.7 Å². The molecule has 0 spiro atoms. The van der Waals surface area contributed by atoms with Gasteiger partial charge >= 0.3 is 12.1 Å². The molecule has 2 fully saturated rings. The molecule has 5 N–H and O–H groups in total. The van der Waals surface area contributed by atoms with Gasteiger partial charge in [0.05, 0.1) is 35.8 Å². The maximum Gasteiger partial charge on any atom is 0.417 e. The number of halogens is 4. The number of nitrogens with one attached hydrogen (secondary N) is 3. The molecule has 22 nitrogen and oxygen atoms in total. The minimum absolute atomic E-state index is 0.0358. The molecule has 0 bridgehead atoms. The lowest BCUT2D eigenvalue weighted by Gasteiger charge is -2.37. The molecule has 26 heteroatoms. The number of nitrogens with two attached hydrogens (primary N) is 1. The Balaban J connectivity index is 1.84. The number of fused-ring (bicyclic) bond motifs is 1. The molecular weight excluding hydrogens is 1240 g/mol. The molecule has 11 unspecified atom stereocenters. The number of primary amides is 1. The number of benzene rings is 2. The summed E-state index contributed by atoms with van der Waals surface area (Å²) in [7, 11) is 10.3. The van der Waals surface area contributed by atoms with Crippen LogP contribution in [-0.4, -0.2) is 222 Å². The van der Waals surface area contributed by atoms with Crippen LogP contribution in [0.25, 0.3) is 0 Å². The second-order valence-corrected chi connectivity index (χ2v) is 28.3. The average molecular weight is 1350 g/mol. The highest BCUT2D eigenvalue weighted by Crippen LogP contribution is 2.36. The number of alkyl halides is 3. The Labute approximate surface area is 559 Å². The van der Waals surface area contributed by atoms with E-state index in [1.165, 1.54) is 87.0 Å². The van der Waals surface area contributed by atoms with Crippen molar-refractivity contribution in [3.05, 3.63) is 69.7 Å². The van der Waals surface area contributed by atoms with Gasteiger partial charge in [-0.1, -0.05) is 109 Å². The third-order valence-electron chi connectivity index (χ3n) is 18.5. The van der Waals surface area contributed by atoms with Gasteiger partial charge in [0.15, 0.2) is 11.6 Å². The highest BCUT2D eigenvalue weighted by molar-refractivity contribution is 6.31. The van der Waals surface area contributed by atoms with Gasteiger partial charge in [0.25, 0.3) is 5.91 Å². The molecular formula is C68H106ClF3N11O11+. The van der Waals surface area contributed by atoms with Gasteiger partial charge in [-0.25, -0.2) is 4.79 Å². The number of nitrogens with zero attached hydrogens (tertiary/aromatic N) is 7. The van der Waals surface area contributed by atoms with E-state index >= 15 is 0 Å². The van der Waals surface area contributed by atoms with Crippen LogP contribution in [0.2, 0.25) is 5.02 Å². The van der Waals surface area contributed by atoms with Crippen molar-refractivity contribution >= 4 is 70.7 Å². The van der Waals surface area contributed by atoms with Crippen molar-refractivity contribution in [3.63, 3.8) is 0 Å². The lowest BCUT2D eigenvalue weighted by molar-refractivity contribution is -0.599. The van der Waals surface area contributed by atoms with Crippen LogP contribution in [0.15, 0.2) is 42.5 Å². The van der Waals surface area contributed by atoms with Gasteiger partial charge in [0.1, 0.15) is 36.5 Å². The number of hydrogen-bond donors (Lipinski definition) is 4. The summed E-state index contributed by atoms with van der Waals surface area (Å²) in [5.41, 5.74) is -0.855. The second-order valence-electron chi connectivity index (χ2n) is 27.9. The van der Waals surface area contributed by atoms with Crippen LogP contribution in [-0.2, 0) is 71.7 Å². The Morgan fingerprint density at radius 3 is 1.78 bits per heavy atom. The van der Waals surface area contributed by atoms with Crippen molar-refractivity contribution in [2.45, 2.75) is 214 Å². The Hall–Kier alpha value is -6.70. The van der Waals surface area contributed by atoms with Gasteiger partial charge in [-0.15, -0.1) is 0 Å². The molecule has 2 saturated heterocycles. The fourth-order valence-corrected chi connectivity index (χ4v) is 11.7. The van der Waals surface area contributed by atoms with E-state index in [1.54, 1.807) is 38.1 Å². The molecule has 2 aliphatic rings. The molecule has 0 radical (unpaired) electrons. The predicted octanol–water partition coefficient (Wildman–Crippen LogP) is 5.04. The minimum Gasteiger partial charge on any atom is -0.351 e. The Morgan fingerprint density at radius 1 is 0.660 bits per heavy atom. The number of carbonyl (C=O) groups is 10. The molecule has 10 amide bonds. The number of rotatable bonds is 13. The molecule has 2 aliphatic heterocycles. The minimum atomic E-state index is -4.76. The first-order valence-electron chi connectivity index (χ1n) is 32.7. The third kappa shape index (κ3) is 21.7. The van der Waals surface area contributed by atoms with Crippen LogP contribution in [0, 0.1) is 30.6 Å². The fourth-order valence-electron chi connectivity index (χ4n) is 11.4. The maximum atomic E-state index is 14.9. The number of epoxide rings is 1. The standard InChI is InChI=1S/C68H105ClF3N11O11/c1-21-42(9)57-65(92)78(15)36-55(85)77(14)37-56(86)82(19)53(35-46-24-22-41(8)23-25-46)64(91)80(17)44(11)59(87)73-49(29-27-45-26-28-47(48(69)34-45)68(70,71)72)60(88)74-51(31-39(4)5)63(90)83(20)67(12,13)66(93)75-50(30-38(2)3)62(89)79(16)43(10)33-54(84)81(18)52(32-40(6)7)58-61(76-57)94-58/h22-26,28,34,38-40,42-44,49-53,57-58,61,76H,21,27,29-33,35-37H2,1-20H3,(H,73,87)(H,74,88)(H,75,93)/p+1. The number of aryl methyl sites for hydroxylation is 2. The van der Waals surface area contributed by atoms with Crippen molar-refractivity contribution in [2.75, 3.05) is 62.4 Å². The molecule has 0 saturated carbocycles. The fraction of sp³-hybridized carbons (Fsp3) is 0.676. The zero-order valence-electron chi connectivity index (χ0n) is 58.9. The molecule has 2 heterocycles. The SMILES string of the molecule is CCC(C)C1NC2OC2C(CC(C)C)N(C)C(=O)CC(C)N(C)C(=O)C(CC(C)C)[NH2+]C(=O)C(C)(C)N(C)C(=O)C(CC(C)C)NC(=O)C(CCc2ccc(C(F)(F)F)c(Cl)c2)NC(=O)C(C)N(C)C(=O)C(Cc2ccc(C)cc2)N(C)C(=O)CN(C)C(=O)CN(C)C1=O. The number of amides is 10. The number of carbonyl (C=O) groups excluding carboxylic acids is 10. The molecule has 0 aliphatic carbocycles. The normalized spacial score (nSPS) is 26.3. The molecule has 11 atom stereocenters. The summed E-state index contributed by atoms with van der Waals surface area (Å²) >= 11 is 6.12. The molecule has 2 aromatic carbocycles. The topological polar surface area (TPSA) is 259 Å².